The van der Waals surface area contributed by atoms with Crippen LogP contribution in [0.1, 0.15) is 65.7 Å². The lowest BCUT2D eigenvalue weighted by atomic mass is 10.0. The molecule has 15 heavy (non-hydrogen) atoms. The van der Waals surface area contributed by atoms with Gasteiger partial charge in [0, 0.05) is 12.8 Å². The highest BCUT2D eigenvalue weighted by Gasteiger charge is 2.31. The molecular formula is C12H28NO2+. The van der Waals surface area contributed by atoms with Crippen molar-refractivity contribution in [2.45, 2.75) is 71.8 Å². The summed E-state index contributed by atoms with van der Waals surface area (Å²) < 4.78 is 0. The van der Waals surface area contributed by atoms with Gasteiger partial charge in [-0.25, -0.2) is 0 Å². The van der Waals surface area contributed by atoms with Gasteiger partial charge in [0.25, 0.3) is 0 Å². The third kappa shape index (κ3) is 6.13. The number of quaternary nitrogens is 1. The van der Waals surface area contributed by atoms with Crippen molar-refractivity contribution in [2.24, 2.45) is 0 Å². The van der Waals surface area contributed by atoms with Gasteiger partial charge >= 0.3 is 0 Å². The van der Waals surface area contributed by atoms with Crippen molar-refractivity contribution >= 4 is 0 Å². The molecule has 0 bridgehead atoms. The molecule has 2 N–H and O–H groups in total. The summed E-state index contributed by atoms with van der Waals surface area (Å²) in [6.45, 7) is 6.40. The lowest BCUT2D eigenvalue weighted by Gasteiger charge is -2.28. The molecular weight excluding hydrogens is 190 g/mol. The van der Waals surface area contributed by atoms with Crippen molar-refractivity contribution in [1.29, 1.82) is 0 Å². The Kier molecular flexibility index (Phi) is 8.02. The first-order valence-corrected chi connectivity index (χ1v) is 6.41. The Labute approximate surface area is 94.2 Å². The molecule has 0 saturated heterocycles. The molecule has 0 saturated carbocycles. The van der Waals surface area contributed by atoms with Gasteiger partial charge in [-0.15, -0.1) is 0 Å². The first-order valence-electron chi connectivity index (χ1n) is 6.41. The molecule has 3 heteroatoms. The number of hydroxylamine groups is 4. The number of nitrogens with zero attached hydrogens (tertiary/aromatic N) is 1. The highest BCUT2D eigenvalue weighted by molar-refractivity contribution is 4.54. The minimum absolute atomic E-state index is 0.0170. The fourth-order valence-corrected chi connectivity index (χ4v) is 1.94. The highest BCUT2D eigenvalue weighted by Crippen LogP contribution is 2.17. The fourth-order valence-electron chi connectivity index (χ4n) is 1.94. The summed E-state index contributed by atoms with van der Waals surface area (Å²) in [5.74, 6) is 0. The monoisotopic (exact) mass is 218 g/mol. The molecule has 3 nitrogen and oxygen atoms in total. The van der Waals surface area contributed by atoms with E-state index in [0.29, 0.717) is 6.54 Å². The first kappa shape index (κ1) is 14.9. The van der Waals surface area contributed by atoms with Crippen LogP contribution in [0.3, 0.4) is 0 Å². The van der Waals surface area contributed by atoms with Crippen LogP contribution < -0.4 is 0 Å². The van der Waals surface area contributed by atoms with Crippen molar-refractivity contribution in [1.82, 2.24) is 0 Å². The summed E-state index contributed by atoms with van der Waals surface area (Å²) in [5, 5.41) is 19.4. The van der Waals surface area contributed by atoms with Gasteiger partial charge in [0.15, 0.2) is 6.04 Å². The number of hydrogen-bond acceptors (Lipinski definition) is 2. The van der Waals surface area contributed by atoms with Gasteiger partial charge in [-0.3, -0.25) is 0 Å². The Morgan fingerprint density at radius 2 is 1.53 bits per heavy atom. The number of hydrogen-bond donors (Lipinski definition) is 2. The normalized spacial score (nSPS) is 14.2. The van der Waals surface area contributed by atoms with E-state index in [1.54, 1.807) is 6.92 Å². The van der Waals surface area contributed by atoms with E-state index in [0.717, 1.165) is 19.3 Å². The molecule has 0 aromatic carbocycles. The molecule has 0 rings (SSSR count). The Morgan fingerprint density at radius 3 is 2.00 bits per heavy atom. The van der Waals surface area contributed by atoms with Crippen molar-refractivity contribution in [2.75, 3.05) is 6.54 Å². The maximum atomic E-state index is 9.68. The highest BCUT2D eigenvalue weighted by atomic mass is 16.8. The lowest BCUT2D eigenvalue weighted by molar-refractivity contribution is -1.26. The number of unbranched alkanes of at least 4 members (excludes halogenated alkanes) is 4. The van der Waals surface area contributed by atoms with Gasteiger partial charge in [0.2, 0.25) is 0 Å². The lowest BCUT2D eigenvalue weighted by Crippen LogP contribution is -2.49. The molecule has 0 aromatic heterocycles. The SMILES string of the molecule is CCCCCCCC(CC)[N+](O)(O)CC. The van der Waals surface area contributed by atoms with Crippen LogP contribution in [-0.4, -0.2) is 27.8 Å². The molecule has 0 amide bonds. The molecule has 1 unspecified atom stereocenters. The van der Waals surface area contributed by atoms with Gasteiger partial charge in [0.1, 0.15) is 6.54 Å². The van der Waals surface area contributed by atoms with Crippen LogP contribution in [0.15, 0.2) is 0 Å². The van der Waals surface area contributed by atoms with Crippen molar-refractivity contribution in [3.63, 3.8) is 0 Å². The minimum Gasteiger partial charge on any atom is -0.182 e. The maximum absolute atomic E-state index is 9.68. The van der Waals surface area contributed by atoms with Gasteiger partial charge in [-0.05, 0) is 18.2 Å². The molecule has 0 aromatic rings. The molecule has 92 valence electrons. The average molecular weight is 218 g/mol. The van der Waals surface area contributed by atoms with Crippen LogP contribution in [0.4, 0.5) is 0 Å². The predicted molar refractivity (Wildman–Crippen MR) is 61.8 cm³/mol. The van der Waals surface area contributed by atoms with E-state index in [1.807, 2.05) is 6.92 Å². The van der Waals surface area contributed by atoms with Crippen LogP contribution in [0.25, 0.3) is 0 Å². The third-order valence-electron chi connectivity index (χ3n) is 3.16. The van der Waals surface area contributed by atoms with Crippen molar-refractivity contribution in [3.8, 4) is 0 Å². The molecule has 0 aliphatic carbocycles. The average Bonchev–Trinajstić information content (AvgIpc) is 2.23. The zero-order chi connectivity index (χ0) is 11.7. The van der Waals surface area contributed by atoms with Crippen LogP contribution >= 0.6 is 0 Å². The Morgan fingerprint density at radius 1 is 0.933 bits per heavy atom. The molecule has 1 atom stereocenters. The van der Waals surface area contributed by atoms with Crippen LogP contribution in [0.5, 0.6) is 0 Å². The van der Waals surface area contributed by atoms with E-state index in [9.17, 15) is 10.4 Å². The fraction of sp³-hybridized carbons (Fsp3) is 1.00. The second-order valence-corrected chi connectivity index (χ2v) is 4.37. The number of rotatable bonds is 9. The van der Waals surface area contributed by atoms with Crippen molar-refractivity contribution in [3.05, 3.63) is 0 Å². The minimum atomic E-state index is -0.801. The van der Waals surface area contributed by atoms with Crippen LogP contribution in [0, 0.1) is 0 Å². The molecule has 0 aliphatic rings. The second kappa shape index (κ2) is 8.08. The summed E-state index contributed by atoms with van der Waals surface area (Å²) in [4.78, 5) is -0.801. The summed E-state index contributed by atoms with van der Waals surface area (Å²) in [7, 11) is 0. The quantitative estimate of drug-likeness (QED) is 0.351. The van der Waals surface area contributed by atoms with Gasteiger partial charge in [-0.2, -0.15) is 10.4 Å². The first-order chi connectivity index (χ1) is 7.08. The van der Waals surface area contributed by atoms with Gasteiger partial charge in [-0.1, -0.05) is 39.5 Å². The molecule has 0 fully saturated rings. The second-order valence-electron chi connectivity index (χ2n) is 4.37. The van der Waals surface area contributed by atoms with Crippen molar-refractivity contribution < 1.29 is 15.2 Å². The smallest absolute Gasteiger partial charge is 0.151 e. The summed E-state index contributed by atoms with van der Waals surface area (Å²) in [6.07, 6.45) is 7.90. The van der Waals surface area contributed by atoms with E-state index in [4.69, 9.17) is 0 Å². The summed E-state index contributed by atoms with van der Waals surface area (Å²) in [5.41, 5.74) is 0. The summed E-state index contributed by atoms with van der Waals surface area (Å²) in [6, 6.07) is -0.0170. The maximum Gasteiger partial charge on any atom is 0.151 e. The van der Waals surface area contributed by atoms with Crippen LogP contribution in [0.2, 0.25) is 0 Å². The predicted octanol–water partition coefficient (Wildman–Crippen LogP) is 3.74. The summed E-state index contributed by atoms with van der Waals surface area (Å²) >= 11 is 0. The largest absolute Gasteiger partial charge is 0.182 e. The topological polar surface area (TPSA) is 40.5 Å². The zero-order valence-corrected chi connectivity index (χ0v) is 10.6. The molecule has 0 radical (unpaired) electrons. The molecule has 0 aliphatic heterocycles. The Hall–Kier alpha value is -0.120. The van der Waals surface area contributed by atoms with E-state index >= 15 is 0 Å². The molecule has 0 heterocycles. The van der Waals surface area contributed by atoms with Gasteiger partial charge in [0.05, 0.1) is 0 Å². The van der Waals surface area contributed by atoms with E-state index in [-0.39, 0.29) is 6.04 Å². The zero-order valence-electron chi connectivity index (χ0n) is 10.6. The van der Waals surface area contributed by atoms with Gasteiger partial charge < -0.3 is 0 Å². The van der Waals surface area contributed by atoms with E-state index in [2.05, 4.69) is 6.92 Å². The molecule has 0 spiro atoms. The van der Waals surface area contributed by atoms with E-state index < -0.39 is 4.81 Å². The Balaban J connectivity index is 3.71. The van der Waals surface area contributed by atoms with Crippen LogP contribution in [-0.2, 0) is 0 Å². The van der Waals surface area contributed by atoms with E-state index in [1.165, 1.54) is 25.7 Å². The third-order valence-corrected chi connectivity index (χ3v) is 3.16. The Bertz CT molecular complexity index is 149. The standard InChI is InChI=1S/C12H28NO2/c1-4-7-8-9-10-11-12(5-2)13(14,15)6-3/h12,14-15H,4-11H2,1-3H3/q+1.